The number of likely N-dealkylation sites (N-methyl/N-ethyl adjacent to an activating group) is 1. The van der Waals surface area contributed by atoms with Crippen LogP contribution in [-0.2, 0) is 14.3 Å². The third-order valence-electron chi connectivity index (χ3n) is 8.94. The summed E-state index contributed by atoms with van der Waals surface area (Å²) in [6.45, 7) is 19.5. The molecule has 3 aliphatic rings. The van der Waals surface area contributed by atoms with Gasteiger partial charge in [0.1, 0.15) is 0 Å². The number of nitrogens with zero attached hydrogens (tertiary/aromatic N) is 1. The first-order valence-corrected chi connectivity index (χ1v) is 16.8. The Morgan fingerprint density at radius 3 is 1.68 bits per heavy atom. The van der Waals surface area contributed by atoms with E-state index in [-0.39, 0.29) is 29.6 Å². The Balaban J connectivity index is 0.000000230. The van der Waals surface area contributed by atoms with E-state index in [1.807, 2.05) is 27.7 Å². The maximum Gasteiger partial charge on any atom is 0.226 e. The zero-order valence-electron chi connectivity index (χ0n) is 29.7. The molecule has 244 valence electrons. The second kappa shape index (κ2) is 17.7. The second-order valence-electron chi connectivity index (χ2n) is 14.7. The van der Waals surface area contributed by atoms with Crippen LogP contribution in [0, 0.1) is 23.2 Å². The van der Waals surface area contributed by atoms with E-state index < -0.39 is 0 Å². The van der Waals surface area contributed by atoms with Gasteiger partial charge >= 0.3 is 0 Å². The first-order chi connectivity index (χ1) is 20.7. The molecular formula is C40H61NO3. The van der Waals surface area contributed by atoms with Crippen LogP contribution in [0.5, 0.6) is 0 Å². The molecule has 2 fully saturated rings. The number of hydrogen-bond donors (Lipinski definition) is 0. The highest BCUT2D eigenvalue weighted by molar-refractivity contribution is 5.91. The summed E-state index contributed by atoms with van der Waals surface area (Å²) in [6, 6.07) is 17.0. The van der Waals surface area contributed by atoms with Crippen molar-refractivity contribution in [2.75, 3.05) is 20.8 Å². The molecule has 5 rings (SSSR count). The number of ketones is 1. The minimum atomic E-state index is -0.269. The van der Waals surface area contributed by atoms with Gasteiger partial charge in [-0.3, -0.25) is 9.59 Å². The molecule has 0 aromatic heterocycles. The fraction of sp³-hybridized carbons (Fsp3) is 0.600. The van der Waals surface area contributed by atoms with Crippen LogP contribution in [0.4, 0.5) is 0 Å². The number of fused-ring (bicyclic) bond motifs is 3. The van der Waals surface area contributed by atoms with Crippen molar-refractivity contribution in [1.82, 2.24) is 4.90 Å². The Kier molecular flexibility index (Phi) is 15.1. The number of hydrogen-bond acceptors (Lipinski definition) is 3. The highest BCUT2D eigenvalue weighted by atomic mass is 16.5. The molecule has 0 aliphatic heterocycles. The van der Waals surface area contributed by atoms with Gasteiger partial charge in [0.05, 0.1) is 12.6 Å². The smallest absolute Gasteiger partial charge is 0.226 e. The molecule has 2 unspecified atom stereocenters. The maximum absolute atomic E-state index is 12.1. The molecule has 0 N–H and O–H groups in total. The van der Waals surface area contributed by atoms with Crippen molar-refractivity contribution in [2.45, 2.75) is 113 Å². The van der Waals surface area contributed by atoms with Gasteiger partial charge in [-0.15, -0.1) is 0 Å². The van der Waals surface area contributed by atoms with Crippen molar-refractivity contribution in [3.8, 4) is 11.1 Å². The van der Waals surface area contributed by atoms with Gasteiger partial charge in [-0.25, -0.2) is 0 Å². The van der Waals surface area contributed by atoms with Crippen LogP contribution in [0.1, 0.15) is 118 Å². The third-order valence-corrected chi connectivity index (χ3v) is 8.94. The number of benzene rings is 2. The molecule has 4 heteroatoms. The molecular weight excluding hydrogens is 542 g/mol. The van der Waals surface area contributed by atoms with Gasteiger partial charge in [-0.2, -0.15) is 0 Å². The van der Waals surface area contributed by atoms with Crippen molar-refractivity contribution in [2.24, 2.45) is 23.2 Å². The number of amides is 1. The van der Waals surface area contributed by atoms with Crippen LogP contribution < -0.4 is 0 Å². The average Bonchev–Trinajstić information content (AvgIpc) is 3.23. The Labute approximate surface area is 269 Å². The summed E-state index contributed by atoms with van der Waals surface area (Å²) in [6.07, 6.45) is 9.56. The first-order valence-electron chi connectivity index (χ1n) is 16.8. The summed E-state index contributed by atoms with van der Waals surface area (Å²) in [5.74, 6) is 1.22. The van der Waals surface area contributed by atoms with E-state index in [4.69, 9.17) is 4.74 Å². The number of rotatable bonds is 7. The number of carbonyl (C=O) groups excluding carboxylic acids is 2. The van der Waals surface area contributed by atoms with Gasteiger partial charge in [0, 0.05) is 31.9 Å². The molecule has 44 heavy (non-hydrogen) atoms. The van der Waals surface area contributed by atoms with Crippen LogP contribution in [0.25, 0.3) is 11.1 Å². The highest BCUT2D eigenvalue weighted by Crippen LogP contribution is 2.44. The summed E-state index contributed by atoms with van der Waals surface area (Å²) >= 11 is 0. The third kappa shape index (κ3) is 11.0. The number of methoxy groups -OCH3 is 1. The molecule has 1 amide bonds. The lowest BCUT2D eigenvalue weighted by molar-refractivity contribution is -0.143. The number of allylic oxidation sites excluding steroid dienone is 2. The minimum absolute atomic E-state index is 0.0170. The SMILES string of the molecule is CC(C)(C)C.CC(C)C(C)C(=O)N(C)C(C)C(=O)C1CCC1.CC=C1CCC1.COCC1c2ccccc2-c2ccccc21. The van der Waals surface area contributed by atoms with Gasteiger partial charge in [0.2, 0.25) is 5.91 Å². The Morgan fingerprint density at radius 2 is 1.36 bits per heavy atom. The zero-order chi connectivity index (χ0) is 33.0. The molecule has 0 radical (unpaired) electrons. The van der Waals surface area contributed by atoms with Crippen molar-refractivity contribution < 1.29 is 14.3 Å². The number of Topliss-reactive ketones (excluding diaryl/α,β-unsaturated/α-hetero) is 1. The second-order valence-corrected chi connectivity index (χ2v) is 14.7. The number of ether oxygens (including phenoxy) is 1. The van der Waals surface area contributed by atoms with Crippen LogP contribution in [0.2, 0.25) is 0 Å². The summed E-state index contributed by atoms with van der Waals surface area (Å²) < 4.78 is 5.34. The fourth-order valence-electron chi connectivity index (χ4n) is 5.30. The summed E-state index contributed by atoms with van der Waals surface area (Å²) in [7, 11) is 3.52. The molecule has 2 saturated carbocycles. The van der Waals surface area contributed by atoms with Crippen LogP contribution in [0.15, 0.2) is 60.2 Å². The van der Waals surface area contributed by atoms with Crippen molar-refractivity contribution >= 4 is 11.7 Å². The van der Waals surface area contributed by atoms with Crippen molar-refractivity contribution in [3.63, 3.8) is 0 Å². The summed E-state index contributed by atoms with van der Waals surface area (Å²) in [5.41, 5.74) is 7.66. The fourth-order valence-corrected chi connectivity index (χ4v) is 5.30. The Hall–Kier alpha value is -2.72. The Bertz CT molecular complexity index is 1160. The van der Waals surface area contributed by atoms with E-state index in [0.29, 0.717) is 17.3 Å². The van der Waals surface area contributed by atoms with Gasteiger partial charge in [-0.1, -0.05) is 115 Å². The monoisotopic (exact) mass is 603 g/mol. The van der Waals surface area contributed by atoms with Crippen molar-refractivity contribution in [3.05, 3.63) is 71.3 Å². The lowest BCUT2D eigenvalue weighted by atomic mass is 9.79. The van der Waals surface area contributed by atoms with Gasteiger partial charge in [0.25, 0.3) is 0 Å². The highest BCUT2D eigenvalue weighted by Gasteiger charge is 2.34. The van der Waals surface area contributed by atoms with Crippen LogP contribution in [-0.4, -0.2) is 43.4 Å². The molecule has 4 nitrogen and oxygen atoms in total. The standard InChI is InChI=1S/C15H14O.C14H25NO2.C6H10.C5H12/c1-16-10-15-13-8-4-2-6-11(13)12-7-3-5-9-14(12)15;1-9(2)10(3)14(17)15(5)11(4)13(16)12-7-6-8-12;1-2-6-4-3-5-6;1-5(2,3)4/h2-9,15H,10H2,1H3;9-12H,6-8H2,1-5H3;2H,3-5H2,1H3;1-4H3. The minimum Gasteiger partial charge on any atom is -0.384 e. The molecule has 2 aromatic carbocycles. The molecule has 0 saturated heterocycles. The quantitative estimate of drug-likeness (QED) is 0.296. The van der Waals surface area contributed by atoms with E-state index in [2.05, 4.69) is 89.2 Å². The summed E-state index contributed by atoms with van der Waals surface area (Å²) in [4.78, 5) is 25.8. The number of carbonyl (C=O) groups is 2. The van der Waals surface area contributed by atoms with E-state index in [9.17, 15) is 9.59 Å². The molecule has 3 aliphatic carbocycles. The van der Waals surface area contributed by atoms with E-state index in [1.165, 1.54) is 41.5 Å². The maximum atomic E-state index is 12.1. The van der Waals surface area contributed by atoms with E-state index >= 15 is 0 Å². The summed E-state index contributed by atoms with van der Waals surface area (Å²) in [5, 5.41) is 0. The van der Waals surface area contributed by atoms with Crippen LogP contribution in [0.3, 0.4) is 0 Å². The van der Waals surface area contributed by atoms with E-state index in [0.717, 1.165) is 25.9 Å². The topological polar surface area (TPSA) is 46.6 Å². The lowest BCUT2D eigenvalue weighted by Crippen LogP contribution is -2.46. The molecule has 2 aromatic rings. The predicted molar refractivity (Wildman–Crippen MR) is 187 cm³/mol. The predicted octanol–water partition coefficient (Wildman–Crippen LogP) is 10.1. The largest absolute Gasteiger partial charge is 0.384 e. The van der Waals surface area contributed by atoms with Gasteiger partial charge in [0.15, 0.2) is 5.78 Å². The first kappa shape index (κ1) is 37.5. The van der Waals surface area contributed by atoms with Crippen molar-refractivity contribution in [1.29, 1.82) is 0 Å². The molecule has 0 bridgehead atoms. The Morgan fingerprint density at radius 1 is 0.886 bits per heavy atom. The molecule has 0 heterocycles. The molecule has 2 atom stereocenters. The van der Waals surface area contributed by atoms with Gasteiger partial charge in [-0.05, 0) is 79.5 Å². The zero-order valence-corrected chi connectivity index (χ0v) is 29.7. The normalized spacial score (nSPS) is 16.6. The van der Waals surface area contributed by atoms with Crippen LogP contribution >= 0.6 is 0 Å². The molecule has 0 spiro atoms. The lowest BCUT2D eigenvalue weighted by Gasteiger charge is -2.33. The van der Waals surface area contributed by atoms with E-state index in [1.54, 1.807) is 24.6 Å². The average molecular weight is 604 g/mol. The van der Waals surface area contributed by atoms with Gasteiger partial charge < -0.3 is 9.64 Å².